The van der Waals surface area contributed by atoms with E-state index in [4.69, 9.17) is 0 Å². The van der Waals surface area contributed by atoms with Crippen molar-refractivity contribution in [2.24, 2.45) is 0 Å². The van der Waals surface area contributed by atoms with E-state index in [9.17, 15) is 9.59 Å². The second-order valence-electron chi connectivity index (χ2n) is 6.37. The molecule has 0 atom stereocenters. The maximum atomic E-state index is 12.8. The molecule has 3 rings (SSSR count). The van der Waals surface area contributed by atoms with Gasteiger partial charge in [0.1, 0.15) is 0 Å². The molecule has 0 saturated carbocycles. The van der Waals surface area contributed by atoms with Gasteiger partial charge in [-0.3, -0.25) is 9.59 Å². The van der Waals surface area contributed by atoms with Gasteiger partial charge in [0.25, 0.3) is 11.8 Å². The first-order valence-electron chi connectivity index (χ1n) is 8.69. The lowest BCUT2D eigenvalue weighted by molar-refractivity contribution is 0.102. The molecule has 0 aliphatic carbocycles. The van der Waals surface area contributed by atoms with Crippen molar-refractivity contribution in [3.63, 3.8) is 0 Å². The molecule has 0 fully saturated rings. The van der Waals surface area contributed by atoms with Crippen molar-refractivity contribution in [2.45, 2.75) is 0 Å². The lowest BCUT2D eigenvalue weighted by Gasteiger charge is -2.14. The second-order valence-corrected chi connectivity index (χ2v) is 7.23. The van der Waals surface area contributed by atoms with E-state index in [1.54, 1.807) is 42.5 Å². The van der Waals surface area contributed by atoms with E-state index in [2.05, 4.69) is 26.6 Å². The van der Waals surface area contributed by atoms with Gasteiger partial charge < -0.3 is 15.5 Å². The van der Waals surface area contributed by atoms with Gasteiger partial charge in [-0.05, 0) is 64.5 Å². The first kappa shape index (κ1) is 19.6. The molecule has 142 valence electrons. The highest BCUT2D eigenvalue weighted by atomic mass is 79.9. The Labute approximate surface area is 172 Å². The van der Waals surface area contributed by atoms with Crippen molar-refractivity contribution in [2.75, 3.05) is 29.6 Å². The monoisotopic (exact) mass is 437 g/mol. The molecule has 0 bridgehead atoms. The Hall–Kier alpha value is -3.12. The van der Waals surface area contributed by atoms with Crippen molar-refractivity contribution in [1.82, 2.24) is 0 Å². The van der Waals surface area contributed by atoms with Crippen LogP contribution in [0, 0.1) is 0 Å². The number of hydrogen-bond acceptors (Lipinski definition) is 3. The fourth-order valence-corrected chi connectivity index (χ4v) is 3.13. The molecule has 3 aromatic carbocycles. The number of benzene rings is 3. The largest absolute Gasteiger partial charge is 0.378 e. The molecule has 0 saturated heterocycles. The Bertz CT molecular complexity index is 1000. The van der Waals surface area contributed by atoms with Gasteiger partial charge in [0, 0.05) is 29.9 Å². The molecule has 0 aliphatic heterocycles. The molecule has 0 heterocycles. The summed E-state index contributed by atoms with van der Waals surface area (Å²) >= 11 is 3.37. The maximum Gasteiger partial charge on any atom is 0.257 e. The van der Waals surface area contributed by atoms with Crippen LogP contribution in [0.1, 0.15) is 20.7 Å². The zero-order valence-corrected chi connectivity index (χ0v) is 17.2. The first-order valence-corrected chi connectivity index (χ1v) is 9.48. The lowest BCUT2D eigenvalue weighted by Crippen LogP contribution is -2.18. The average Bonchev–Trinajstić information content (AvgIpc) is 2.69. The predicted molar refractivity (Wildman–Crippen MR) is 117 cm³/mol. The maximum absolute atomic E-state index is 12.8. The summed E-state index contributed by atoms with van der Waals surface area (Å²) in [4.78, 5) is 27.3. The Morgan fingerprint density at radius 3 is 1.96 bits per heavy atom. The third-order valence-corrected chi connectivity index (χ3v) is 4.87. The molecule has 0 aliphatic rings. The molecule has 28 heavy (non-hydrogen) atoms. The van der Waals surface area contributed by atoms with Gasteiger partial charge in [-0.2, -0.15) is 0 Å². The fourth-order valence-electron chi connectivity index (χ4n) is 2.67. The summed E-state index contributed by atoms with van der Waals surface area (Å²) in [5, 5.41) is 5.69. The zero-order valence-electron chi connectivity index (χ0n) is 15.6. The van der Waals surface area contributed by atoms with E-state index in [1.807, 2.05) is 49.3 Å². The standard InChI is InChI=1S/C22H20BrN3O2/c1-26(2)16-13-11-15(12-14-16)24-22(28)18-8-4-6-10-20(18)25-21(27)17-7-3-5-9-19(17)23/h3-14H,1-2H3,(H,24,28)(H,25,27). The highest BCUT2D eigenvalue weighted by molar-refractivity contribution is 9.10. The summed E-state index contributed by atoms with van der Waals surface area (Å²) in [6, 6.07) is 21.6. The van der Waals surface area contributed by atoms with Gasteiger partial charge in [-0.1, -0.05) is 24.3 Å². The van der Waals surface area contributed by atoms with Gasteiger partial charge >= 0.3 is 0 Å². The fraction of sp³-hybridized carbons (Fsp3) is 0.0909. The average molecular weight is 438 g/mol. The van der Waals surface area contributed by atoms with E-state index in [-0.39, 0.29) is 11.8 Å². The number of anilines is 3. The minimum atomic E-state index is -0.291. The number of nitrogens with one attached hydrogen (secondary N) is 2. The Balaban J connectivity index is 1.78. The van der Waals surface area contributed by atoms with Crippen molar-refractivity contribution in [1.29, 1.82) is 0 Å². The van der Waals surface area contributed by atoms with Gasteiger partial charge in [0.2, 0.25) is 0 Å². The smallest absolute Gasteiger partial charge is 0.257 e. The van der Waals surface area contributed by atoms with Crippen LogP contribution in [-0.4, -0.2) is 25.9 Å². The molecule has 3 aromatic rings. The number of para-hydroxylation sites is 1. The van der Waals surface area contributed by atoms with Crippen LogP contribution >= 0.6 is 15.9 Å². The number of rotatable bonds is 5. The number of hydrogen-bond donors (Lipinski definition) is 2. The molecular formula is C22H20BrN3O2. The van der Waals surface area contributed by atoms with Gasteiger partial charge in [0.15, 0.2) is 0 Å². The summed E-state index contributed by atoms with van der Waals surface area (Å²) in [5.74, 6) is -0.580. The van der Waals surface area contributed by atoms with Crippen molar-refractivity contribution in [3.8, 4) is 0 Å². The topological polar surface area (TPSA) is 61.4 Å². The van der Waals surface area contributed by atoms with Crippen molar-refractivity contribution < 1.29 is 9.59 Å². The summed E-state index contributed by atoms with van der Waals surface area (Å²) < 4.78 is 0.690. The van der Waals surface area contributed by atoms with E-state index >= 15 is 0 Å². The van der Waals surface area contributed by atoms with Gasteiger partial charge in [-0.25, -0.2) is 0 Å². The third kappa shape index (κ3) is 4.58. The molecule has 2 amide bonds. The predicted octanol–water partition coefficient (Wildman–Crippen LogP) is 5.02. The Morgan fingerprint density at radius 1 is 0.750 bits per heavy atom. The minimum Gasteiger partial charge on any atom is -0.378 e. The molecule has 6 heteroatoms. The summed E-state index contributed by atoms with van der Waals surface area (Å²) in [6.45, 7) is 0. The first-order chi connectivity index (χ1) is 13.5. The quantitative estimate of drug-likeness (QED) is 0.588. The minimum absolute atomic E-state index is 0.289. The van der Waals surface area contributed by atoms with Crippen molar-refractivity contribution >= 4 is 44.8 Å². The number of nitrogens with zero attached hydrogens (tertiary/aromatic N) is 1. The summed E-state index contributed by atoms with van der Waals surface area (Å²) in [6.07, 6.45) is 0. The highest BCUT2D eigenvalue weighted by Crippen LogP contribution is 2.22. The number of carbonyl (C=O) groups excluding carboxylic acids is 2. The van der Waals surface area contributed by atoms with Gasteiger partial charge in [0.05, 0.1) is 16.8 Å². The molecule has 0 unspecified atom stereocenters. The molecule has 2 N–H and O–H groups in total. The zero-order chi connectivity index (χ0) is 20.1. The van der Waals surface area contributed by atoms with Crippen LogP contribution in [0.2, 0.25) is 0 Å². The second kappa shape index (κ2) is 8.71. The molecule has 0 aromatic heterocycles. The summed E-state index contributed by atoms with van der Waals surface area (Å²) in [5.41, 5.74) is 3.06. The van der Waals surface area contributed by atoms with Crippen LogP contribution in [0.15, 0.2) is 77.3 Å². The van der Waals surface area contributed by atoms with Crippen molar-refractivity contribution in [3.05, 3.63) is 88.4 Å². The van der Waals surface area contributed by atoms with Crippen LogP contribution in [0.3, 0.4) is 0 Å². The molecule has 0 spiro atoms. The molecule has 5 nitrogen and oxygen atoms in total. The van der Waals surface area contributed by atoms with Crippen LogP contribution < -0.4 is 15.5 Å². The molecule has 0 radical (unpaired) electrons. The van der Waals surface area contributed by atoms with Crippen LogP contribution in [0.25, 0.3) is 0 Å². The lowest BCUT2D eigenvalue weighted by atomic mass is 10.1. The normalized spacial score (nSPS) is 10.2. The highest BCUT2D eigenvalue weighted by Gasteiger charge is 2.15. The SMILES string of the molecule is CN(C)c1ccc(NC(=O)c2ccccc2NC(=O)c2ccccc2Br)cc1. The van der Waals surface area contributed by atoms with E-state index in [0.29, 0.717) is 27.0 Å². The molecular weight excluding hydrogens is 418 g/mol. The number of amides is 2. The number of halogens is 1. The van der Waals surface area contributed by atoms with Crippen LogP contribution in [-0.2, 0) is 0 Å². The third-order valence-electron chi connectivity index (χ3n) is 4.18. The van der Waals surface area contributed by atoms with Gasteiger partial charge in [-0.15, -0.1) is 0 Å². The van der Waals surface area contributed by atoms with E-state index < -0.39 is 0 Å². The van der Waals surface area contributed by atoms with Crippen LogP contribution in [0.4, 0.5) is 17.1 Å². The van der Waals surface area contributed by atoms with Crippen LogP contribution in [0.5, 0.6) is 0 Å². The van der Waals surface area contributed by atoms with E-state index in [1.165, 1.54) is 0 Å². The summed E-state index contributed by atoms with van der Waals surface area (Å²) in [7, 11) is 3.91. The number of carbonyl (C=O) groups is 2. The van der Waals surface area contributed by atoms with E-state index in [0.717, 1.165) is 5.69 Å². The Morgan fingerprint density at radius 2 is 1.32 bits per heavy atom. The Kier molecular flexibility index (Phi) is 6.11.